The number of piperazine rings is 2. The predicted molar refractivity (Wildman–Crippen MR) is 144 cm³/mol. The molecule has 2 aliphatic heterocycles. The molecule has 0 aliphatic carbocycles. The molecule has 32 heavy (non-hydrogen) atoms. The van der Waals surface area contributed by atoms with Crippen LogP contribution in [0.25, 0.3) is 0 Å². The maximum absolute atomic E-state index is 6.25. The normalized spacial score (nSPS) is 17.9. The van der Waals surface area contributed by atoms with Crippen LogP contribution in [0.15, 0.2) is 40.8 Å². The van der Waals surface area contributed by atoms with Gasteiger partial charge in [-0.05, 0) is 30.7 Å². The molecule has 0 atom stereocenters. The molecule has 0 spiro atoms. The Balaban J connectivity index is 0.00000289. The first-order valence-corrected chi connectivity index (χ1v) is 11.9. The fourth-order valence-electron chi connectivity index (χ4n) is 4.11. The number of rotatable bonds is 7. The lowest BCUT2D eigenvalue weighted by molar-refractivity contribution is 0.256. The summed E-state index contributed by atoms with van der Waals surface area (Å²) in [7, 11) is 1.70. The summed E-state index contributed by atoms with van der Waals surface area (Å²) in [4.78, 5) is 18.5. The van der Waals surface area contributed by atoms with Crippen LogP contribution in [0.3, 0.4) is 0 Å². The van der Waals surface area contributed by atoms with Crippen LogP contribution >= 0.6 is 35.3 Å². The van der Waals surface area contributed by atoms with Gasteiger partial charge in [0.1, 0.15) is 5.75 Å². The molecule has 4 rings (SSSR count). The number of benzene rings is 1. The van der Waals surface area contributed by atoms with E-state index in [0.717, 1.165) is 82.7 Å². The largest absolute Gasteiger partial charge is 0.497 e. The first kappa shape index (κ1) is 24.8. The molecule has 0 saturated carbocycles. The number of guanidine groups is 1. The van der Waals surface area contributed by atoms with E-state index in [2.05, 4.69) is 41.7 Å². The van der Waals surface area contributed by atoms with Crippen LogP contribution in [-0.2, 0) is 0 Å². The van der Waals surface area contributed by atoms with Crippen LogP contribution in [0, 0.1) is 0 Å². The van der Waals surface area contributed by atoms with Crippen LogP contribution in [-0.4, -0.2) is 93.3 Å². The number of hydrogen-bond donors (Lipinski definition) is 1. The summed E-state index contributed by atoms with van der Waals surface area (Å²) in [5, 5.41) is 3.12. The molecule has 0 unspecified atom stereocenters. The number of nitrogens with zero attached hydrogens (tertiary/aromatic N) is 6. The molecule has 0 amide bonds. The standard InChI is InChI=1S/C22H33N7OS.HI/c1-30-20-5-3-19(4-6-20)27-12-10-26(11-13-27)9-2-7-24-21(23)28-14-16-29(17-15-28)22-25-8-18-31-22;/h3-6,8,18H,2,7,9-17H2,1H3,(H2,23,24);1H. The van der Waals surface area contributed by atoms with Gasteiger partial charge in [0.15, 0.2) is 11.1 Å². The topological polar surface area (TPSA) is 73.5 Å². The predicted octanol–water partition coefficient (Wildman–Crippen LogP) is 2.42. The van der Waals surface area contributed by atoms with Gasteiger partial charge in [-0.25, -0.2) is 4.98 Å². The van der Waals surface area contributed by atoms with Gasteiger partial charge in [0.2, 0.25) is 0 Å². The van der Waals surface area contributed by atoms with Crippen LogP contribution in [0.2, 0.25) is 0 Å². The number of aromatic nitrogens is 1. The molecule has 1 aromatic heterocycles. The molecular weight excluding hydrogens is 537 g/mol. The lowest BCUT2D eigenvalue weighted by Crippen LogP contribution is -2.51. The number of nitrogens with two attached hydrogens (primary N) is 1. The van der Waals surface area contributed by atoms with Crippen molar-refractivity contribution in [1.82, 2.24) is 14.8 Å². The van der Waals surface area contributed by atoms with E-state index in [1.54, 1.807) is 18.4 Å². The molecule has 2 saturated heterocycles. The second-order valence-corrected chi connectivity index (χ2v) is 8.78. The maximum atomic E-state index is 6.25. The molecule has 2 aliphatic rings. The monoisotopic (exact) mass is 571 g/mol. The molecule has 2 N–H and O–H groups in total. The number of aliphatic imine (C=N–C) groups is 1. The Kier molecular flexibility index (Phi) is 9.67. The summed E-state index contributed by atoms with van der Waals surface area (Å²) >= 11 is 1.69. The highest BCUT2D eigenvalue weighted by molar-refractivity contribution is 14.0. The van der Waals surface area contributed by atoms with Crippen molar-refractivity contribution in [3.8, 4) is 5.75 Å². The molecular formula is C22H34IN7OS. The highest BCUT2D eigenvalue weighted by Gasteiger charge is 2.20. The minimum atomic E-state index is 0. The van der Waals surface area contributed by atoms with Gasteiger partial charge in [-0.15, -0.1) is 35.3 Å². The van der Waals surface area contributed by atoms with Crippen LogP contribution in [0.1, 0.15) is 6.42 Å². The Labute approximate surface area is 212 Å². The molecule has 0 bridgehead atoms. The Morgan fingerprint density at radius 2 is 1.72 bits per heavy atom. The van der Waals surface area contributed by atoms with Crippen molar-refractivity contribution < 1.29 is 4.74 Å². The molecule has 2 fully saturated rings. The summed E-state index contributed by atoms with van der Waals surface area (Å²) in [6, 6.07) is 8.34. The Morgan fingerprint density at radius 3 is 2.34 bits per heavy atom. The third-order valence-electron chi connectivity index (χ3n) is 6.01. The zero-order valence-corrected chi connectivity index (χ0v) is 21.9. The van der Waals surface area contributed by atoms with Gasteiger partial charge in [-0.1, -0.05) is 0 Å². The molecule has 8 nitrogen and oxygen atoms in total. The number of methoxy groups -OCH3 is 1. The lowest BCUT2D eigenvalue weighted by Gasteiger charge is -2.36. The van der Waals surface area contributed by atoms with Crippen molar-refractivity contribution in [1.29, 1.82) is 0 Å². The highest BCUT2D eigenvalue weighted by Crippen LogP contribution is 2.21. The van der Waals surface area contributed by atoms with Crippen molar-refractivity contribution in [3.63, 3.8) is 0 Å². The molecule has 176 valence electrons. The smallest absolute Gasteiger partial charge is 0.191 e. The third-order valence-corrected chi connectivity index (χ3v) is 6.84. The molecule has 10 heteroatoms. The van der Waals surface area contributed by atoms with Gasteiger partial charge in [-0.3, -0.25) is 9.89 Å². The first-order valence-electron chi connectivity index (χ1n) is 11.0. The van der Waals surface area contributed by atoms with Crippen LogP contribution in [0.5, 0.6) is 5.75 Å². The Morgan fingerprint density at radius 1 is 1.03 bits per heavy atom. The Hall–Kier alpha value is -1.79. The quantitative estimate of drug-likeness (QED) is 0.237. The van der Waals surface area contributed by atoms with Crippen molar-refractivity contribution in [3.05, 3.63) is 35.8 Å². The van der Waals surface area contributed by atoms with E-state index in [1.807, 2.05) is 23.7 Å². The molecule has 3 heterocycles. The van der Waals surface area contributed by atoms with E-state index in [4.69, 9.17) is 10.5 Å². The average Bonchev–Trinajstić information content (AvgIpc) is 3.37. The third kappa shape index (κ3) is 6.61. The number of halogens is 1. The lowest BCUT2D eigenvalue weighted by atomic mass is 10.2. The zero-order chi connectivity index (χ0) is 21.5. The maximum Gasteiger partial charge on any atom is 0.191 e. The van der Waals surface area contributed by atoms with E-state index in [9.17, 15) is 0 Å². The Bertz CT molecular complexity index is 817. The fraction of sp³-hybridized carbons (Fsp3) is 0.545. The minimum absolute atomic E-state index is 0. The van der Waals surface area contributed by atoms with Crippen molar-refractivity contribution in [2.75, 3.05) is 82.4 Å². The number of hydrogen-bond acceptors (Lipinski definition) is 7. The van der Waals surface area contributed by atoms with Crippen LogP contribution in [0.4, 0.5) is 10.8 Å². The van der Waals surface area contributed by atoms with Crippen LogP contribution < -0.4 is 20.3 Å². The van der Waals surface area contributed by atoms with E-state index < -0.39 is 0 Å². The number of thiazole rings is 1. The van der Waals surface area contributed by atoms with Gasteiger partial charge in [-0.2, -0.15) is 0 Å². The summed E-state index contributed by atoms with van der Waals surface area (Å²) in [6.07, 6.45) is 2.91. The summed E-state index contributed by atoms with van der Waals surface area (Å²) < 4.78 is 5.25. The van der Waals surface area contributed by atoms with E-state index in [0.29, 0.717) is 5.96 Å². The van der Waals surface area contributed by atoms with Gasteiger partial charge in [0.25, 0.3) is 0 Å². The minimum Gasteiger partial charge on any atom is -0.497 e. The van der Waals surface area contributed by atoms with Gasteiger partial charge in [0, 0.05) is 82.7 Å². The SMILES string of the molecule is COc1ccc(N2CCN(CCCN=C(N)N3CCN(c4nccs4)CC3)CC2)cc1.I. The van der Waals surface area contributed by atoms with Crippen molar-refractivity contribution in [2.45, 2.75) is 6.42 Å². The molecule has 1 aromatic carbocycles. The zero-order valence-electron chi connectivity index (χ0n) is 18.7. The highest BCUT2D eigenvalue weighted by atomic mass is 127. The summed E-state index contributed by atoms with van der Waals surface area (Å²) in [5.74, 6) is 1.59. The first-order chi connectivity index (χ1) is 15.2. The second-order valence-electron chi connectivity index (χ2n) is 7.91. The molecule has 2 aromatic rings. The molecule has 0 radical (unpaired) electrons. The van der Waals surface area contributed by atoms with Crippen molar-refractivity contribution >= 4 is 52.1 Å². The van der Waals surface area contributed by atoms with Gasteiger partial charge >= 0.3 is 0 Å². The van der Waals surface area contributed by atoms with Gasteiger partial charge < -0.3 is 25.2 Å². The van der Waals surface area contributed by atoms with E-state index in [-0.39, 0.29) is 24.0 Å². The second kappa shape index (κ2) is 12.4. The number of anilines is 2. The summed E-state index contributed by atoms with van der Waals surface area (Å²) in [5.41, 5.74) is 7.52. The van der Waals surface area contributed by atoms with Crippen molar-refractivity contribution in [2.24, 2.45) is 10.7 Å². The van der Waals surface area contributed by atoms with E-state index in [1.165, 1.54) is 5.69 Å². The summed E-state index contributed by atoms with van der Waals surface area (Å²) in [6.45, 7) is 9.85. The average molecular weight is 572 g/mol. The van der Waals surface area contributed by atoms with E-state index >= 15 is 0 Å². The van der Waals surface area contributed by atoms with Gasteiger partial charge in [0.05, 0.1) is 7.11 Å². The number of ether oxygens (including phenoxy) is 1. The fourth-order valence-corrected chi connectivity index (χ4v) is 4.81.